The molecule has 0 spiro atoms. The first kappa shape index (κ1) is 17.5. The second kappa shape index (κ2) is 7.16. The molecule has 0 saturated carbocycles. The number of nitrogens with one attached hydrogen (secondary N) is 1. The van der Waals surface area contributed by atoms with Crippen molar-refractivity contribution in [2.75, 3.05) is 20.8 Å². The highest BCUT2D eigenvalue weighted by Gasteiger charge is 2.21. The fourth-order valence-corrected chi connectivity index (χ4v) is 3.63. The molecule has 0 bridgehead atoms. The third-order valence-electron chi connectivity index (χ3n) is 3.55. The van der Waals surface area contributed by atoms with Gasteiger partial charge in [0.25, 0.3) is 0 Å². The van der Waals surface area contributed by atoms with Gasteiger partial charge in [0.15, 0.2) is 0 Å². The Morgan fingerprint density at radius 3 is 2.35 bits per heavy atom. The summed E-state index contributed by atoms with van der Waals surface area (Å²) in [6, 6.07) is 6.64. The van der Waals surface area contributed by atoms with Crippen LogP contribution in [0.4, 0.5) is 0 Å². The van der Waals surface area contributed by atoms with Gasteiger partial charge in [-0.2, -0.15) is 0 Å². The molecule has 7 heteroatoms. The fraction of sp³-hybridized carbons (Fsp3) is 0.375. The molecule has 23 heavy (non-hydrogen) atoms. The highest BCUT2D eigenvalue weighted by atomic mass is 32.2. The van der Waals surface area contributed by atoms with Crippen LogP contribution in [0.25, 0.3) is 0 Å². The first-order chi connectivity index (χ1) is 10.9. The maximum Gasteiger partial charge on any atom is 0.240 e. The van der Waals surface area contributed by atoms with Gasteiger partial charge in [-0.05, 0) is 49.2 Å². The Morgan fingerprint density at radius 2 is 1.87 bits per heavy atom. The van der Waals surface area contributed by atoms with Crippen molar-refractivity contribution in [3.63, 3.8) is 0 Å². The van der Waals surface area contributed by atoms with Crippen LogP contribution in [0.5, 0.6) is 5.75 Å². The lowest BCUT2D eigenvalue weighted by molar-refractivity contribution is 0.0878. The van der Waals surface area contributed by atoms with Crippen LogP contribution in [-0.2, 0) is 14.8 Å². The van der Waals surface area contributed by atoms with E-state index in [1.807, 2.05) is 13.8 Å². The molecule has 0 aliphatic heterocycles. The Hall–Kier alpha value is -1.83. The Labute approximate surface area is 136 Å². The van der Waals surface area contributed by atoms with E-state index in [0.29, 0.717) is 11.5 Å². The van der Waals surface area contributed by atoms with Crippen LogP contribution < -0.4 is 9.46 Å². The molecule has 1 N–H and O–H groups in total. The Morgan fingerprint density at radius 1 is 1.22 bits per heavy atom. The molecule has 0 radical (unpaired) electrons. The summed E-state index contributed by atoms with van der Waals surface area (Å²) < 4.78 is 43.3. The number of sulfonamides is 1. The third-order valence-corrected chi connectivity index (χ3v) is 4.96. The van der Waals surface area contributed by atoms with Gasteiger partial charge in [-0.3, -0.25) is 0 Å². The van der Waals surface area contributed by atoms with Crippen LogP contribution in [0.2, 0.25) is 0 Å². The lowest BCUT2D eigenvalue weighted by Crippen LogP contribution is -2.29. The van der Waals surface area contributed by atoms with Crippen LogP contribution in [0.1, 0.15) is 23.0 Å². The van der Waals surface area contributed by atoms with Gasteiger partial charge in [-0.15, -0.1) is 0 Å². The molecule has 6 nitrogen and oxygen atoms in total. The van der Waals surface area contributed by atoms with Crippen molar-refractivity contribution < 1.29 is 22.3 Å². The van der Waals surface area contributed by atoms with Crippen LogP contribution in [0.3, 0.4) is 0 Å². The van der Waals surface area contributed by atoms with Crippen molar-refractivity contribution in [2.45, 2.75) is 24.8 Å². The average Bonchev–Trinajstić information content (AvgIpc) is 3.01. The minimum atomic E-state index is -3.65. The second-order valence-electron chi connectivity index (χ2n) is 5.18. The molecule has 2 rings (SSSR count). The summed E-state index contributed by atoms with van der Waals surface area (Å²) in [5.41, 5.74) is 1.53. The number of methoxy groups -OCH3 is 2. The second-order valence-corrected chi connectivity index (χ2v) is 6.95. The van der Waals surface area contributed by atoms with Crippen molar-refractivity contribution in [2.24, 2.45) is 0 Å². The maximum absolute atomic E-state index is 12.5. The van der Waals surface area contributed by atoms with Gasteiger partial charge in [0.2, 0.25) is 10.0 Å². The first-order valence-electron chi connectivity index (χ1n) is 7.10. The minimum Gasteiger partial charge on any atom is -0.496 e. The number of aryl methyl sites for hydroxylation is 2. The van der Waals surface area contributed by atoms with E-state index in [-0.39, 0.29) is 11.4 Å². The van der Waals surface area contributed by atoms with Crippen LogP contribution >= 0.6 is 0 Å². The van der Waals surface area contributed by atoms with Gasteiger partial charge in [0.1, 0.15) is 17.6 Å². The molecule has 0 fully saturated rings. The number of rotatable bonds is 7. The molecule has 0 aliphatic carbocycles. The number of hydrogen-bond donors (Lipinski definition) is 1. The fourth-order valence-electron chi connectivity index (χ4n) is 2.43. The van der Waals surface area contributed by atoms with Crippen molar-refractivity contribution in [3.05, 3.63) is 47.4 Å². The number of furan rings is 1. The number of benzene rings is 1. The molecule has 0 unspecified atom stereocenters. The summed E-state index contributed by atoms with van der Waals surface area (Å²) in [4.78, 5) is 0.197. The molecule has 1 heterocycles. The van der Waals surface area contributed by atoms with E-state index in [1.165, 1.54) is 13.4 Å². The molecule has 2 aromatic rings. The zero-order valence-electron chi connectivity index (χ0n) is 13.6. The van der Waals surface area contributed by atoms with E-state index >= 15 is 0 Å². The zero-order chi connectivity index (χ0) is 17.0. The lowest BCUT2D eigenvalue weighted by atomic mass is 10.1. The summed E-state index contributed by atoms with van der Waals surface area (Å²) in [5, 5.41) is 0. The molecule has 126 valence electrons. The first-order valence-corrected chi connectivity index (χ1v) is 8.58. The van der Waals surface area contributed by atoms with Gasteiger partial charge in [0, 0.05) is 13.7 Å². The summed E-state index contributed by atoms with van der Waals surface area (Å²) in [6.45, 7) is 3.70. The Balaban J connectivity index is 2.19. The van der Waals surface area contributed by atoms with E-state index < -0.39 is 16.1 Å². The highest BCUT2D eigenvalue weighted by Crippen LogP contribution is 2.26. The van der Waals surface area contributed by atoms with Gasteiger partial charge >= 0.3 is 0 Å². The van der Waals surface area contributed by atoms with Crippen LogP contribution in [0.15, 0.2) is 39.8 Å². The molecule has 1 atom stereocenters. The van der Waals surface area contributed by atoms with Gasteiger partial charge in [0.05, 0.1) is 18.3 Å². The average molecular weight is 339 g/mol. The van der Waals surface area contributed by atoms with E-state index in [1.54, 1.807) is 31.4 Å². The van der Waals surface area contributed by atoms with Gasteiger partial charge in [-0.25, -0.2) is 13.1 Å². The molecular weight excluding hydrogens is 318 g/mol. The monoisotopic (exact) mass is 339 g/mol. The van der Waals surface area contributed by atoms with E-state index in [0.717, 1.165) is 11.1 Å². The SMILES string of the molecule is COc1c(C)cc(S(=O)(=O)NC[C@@H](OC)c2ccco2)cc1C. The van der Waals surface area contributed by atoms with Crippen LogP contribution in [-0.4, -0.2) is 29.2 Å². The number of hydrogen-bond acceptors (Lipinski definition) is 5. The van der Waals surface area contributed by atoms with E-state index in [9.17, 15) is 8.42 Å². The summed E-state index contributed by atoms with van der Waals surface area (Å²) in [5.74, 6) is 1.26. The number of ether oxygens (including phenoxy) is 2. The topological polar surface area (TPSA) is 77.8 Å². The molecule has 0 saturated heterocycles. The third kappa shape index (κ3) is 3.93. The lowest BCUT2D eigenvalue weighted by Gasteiger charge is -2.15. The quantitative estimate of drug-likeness (QED) is 0.839. The maximum atomic E-state index is 12.5. The predicted molar refractivity (Wildman–Crippen MR) is 86.1 cm³/mol. The molecule has 0 aliphatic rings. The van der Waals surface area contributed by atoms with Gasteiger partial charge < -0.3 is 13.9 Å². The van der Waals surface area contributed by atoms with Crippen molar-refractivity contribution in [3.8, 4) is 5.75 Å². The Bertz CT molecular complexity index is 730. The van der Waals surface area contributed by atoms with E-state index in [2.05, 4.69) is 4.72 Å². The summed E-state index contributed by atoms with van der Waals surface area (Å²) in [6.07, 6.45) is 1.03. The highest BCUT2D eigenvalue weighted by molar-refractivity contribution is 7.89. The minimum absolute atomic E-state index is 0.0798. The van der Waals surface area contributed by atoms with Crippen molar-refractivity contribution >= 4 is 10.0 Å². The predicted octanol–water partition coefficient (Wildman–Crippen LogP) is 2.57. The summed E-state index contributed by atoms with van der Waals surface area (Å²) >= 11 is 0. The van der Waals surface area contributed by atoms with Gasteiger partial charge in [-0.1, -0.05) is 0 Å². The van der Waals surface area contributed by atoms with Crippen LogP contribution in [0, 0.1) is 13.8 Å². The molecule has 1 aromatic carbocycles. The molecule has 1 aromatic heterocycles. The zero-order valence-corrected chi connectivity index (χ0v) is 14.4. The summed E-state index contributed by atoms with van der Waals surface area (Å²) in [7, 11) is -0.587. The standard InChI is InChI=1S/C16H21NO5S/c1-11-8-13(9-12(2)16(11)21-4)23(18,19)17-10-15(20-3)14-6-5-7-22-14/h5-9,15,17H,10H2,1-4H3/t15-/m1/s1. The molecular formula is C16H21NO5S. The van der Waals surface area contributed by atoms with Crippen molar-refractivity contribution in [1.82, 2.24) is 4.72 Å². The normalized spacial score (nSPS) is 13.0. The smallest absolute Gasteiger partial charge is 0.240 e. The Kier molecular flexibility index (Phi) is 5.46. The van der Waals surface area contributed by atoms with E-state index in [4.69, 9.17) is 13.9 Å². The van der Waals surface area contributed by atoms with Crippen molar-refractivity contribution in [1.29, 1.82) is 0 Å². The largest absolute Gasteiger partial charge is 0.496 e. The molecule has 0 amide bonds.